The topological polar surface area (TPSA) is 76.2 Å². The quantitative estimate of drug-likeness (QED) is 0.766. The van der Waals surface area contributed by atoms with Crippen LogP contribution in [0.4, 0.5) is 0 Å². The van der Waals surface area contributed by atoms with E-state index in [9.17, 15) is 14.4 Å². The summed E-state index contributed by atoms with van der Waals surface area (Å²) in [6.07, 6.45) is 1.50. The molecule has 0 N–H and O–H groups in total. The van der Waals surface area contributed by atoms with E-state index >= 15 is 0 Å². The monoisotopic (exact) mass is 392 g/mol. The molecule has 2 amide bonds. The van der Waals surface area contributed by atoms with Crippen molar-refractivity contribution >= 4 is 29.2 Å². The zero-order valence-electron chi connectivity index (χ0n) is 14.9. The number of ketones is 1. The van der Waals surface area contributed by atoms with E-state index in [0.717, 1.165) is 0 Å². The molecule has 2 heterocycles. The molecule has 1 unspecified atom stereocenters. The van der Waals surface area contributed by atoms with Crippen LogP contribution in [0.2, 0.25) is 5.02 Å². The number of piperazine rings is 1. The van der Waals surface area contributed by atoms with Gasteiger partial charge in [0.15, 0.2) is 11.5 Å². The Kier molecular flexibility index (Phi) is 4.95. The first kappa shape index (κ1) is 18.1. The van der Waals surface area contributed by atoms with Crippen LogP contribution in [-0.2, 0) is 9.59 Å². The molecule has 1 aromatic carbocycles. The van der Waals surface area contributed by atoms with Crippen LogP contribution in [0.5, 0.6) is 11.5 Å². The highest BCUT2D eigenvalue weighted by molar-refractivity contribution is 6.32. The molecule has 1 aromatic rings. The van der Waals surface area contributed by atoms with Crippen molar-refractivity contribution in [2.24, 2.45) is 5.92 Å². The first-order valence-corrected chi connectivity index (χ1v) is 9.60. The van der Waals surface area contributed by atoms with Gasteiger partial charge in [0, 0.05) is 44.9 Å². The van der Waals surface area contributed by atoms with Crippen LogP contribution in [0.3, 0.4) is 0 Å². The summed E-state index contributed by atoms with van der Waals surface area (Å²) in [7, 11) is 0. The Morgan fingerprint density at radius 2 is 1.67 bits per heavy atom. The Labute approximate surface area is 162 Å². The van der Waals surface area contributed by atoms with E-state index in [4.69, 9.17) is 21.1 Å². The van der Waals surface area contributed by atoms with Gasteiger partial charge in [0.05, 0.1) is 10.6 Å². The van der Waals surface area contributed by atoms with E-state index in [0.29, 0.717) is 80.7 Å². The fourth-order valence-electron chi connectivity index (χ4n) is 3.86. The number of carbonyl (C=O) groups is 3. The van der Waals surface area contributed by atoms with Crippen molar-refractivity contribution in [2.45, 2.75) is 19.3 Å². The maximum atomic E-state index is 13.0. The molecule has 0 aromatic heterocycles. The number of benzene rings is 1. The lowest BCUT2D eigenvalue weighted by atomic mass is 10.1. The lowest BCUT2D eigenvalue weighted by Gasteiger charge is -2.36. The zero-order valence-corrected chi connectivity index (χ0v) is 15.7. The van der Waals surface area contributed by atoms with Crippen molar-refractivity contribution < 1.29 is 23.9 Å². The van der Waals surface area contributed by atoms with E-state index in [1.807, 2.05) is 0 Å². The number of rotatable bonds is 2. The molecular weight excluding hydrogens is 372 g/mol. The van der Waals surface area contributed by atoms with Crippen LogP contribution >= 0.6 is 11.6 Å². The van der Waals surface area contributed by atoms with Crippen molar-refractivity contribution in [3.63, 3.8) is 0 Å². The van der Waals surface area contributed by atoms with Crippen molar-refractivity contribution in [3.05, 3.63) is 22.7 Å². The number of hydrogen-bond donors (Lipinski definition) is 0. The summed E-state index contributed by atoms with van der Waals surface area (Å²) in [5.74, 6) is 0.658. The van der Waals surface area contributed by atoms with Gasteiger partial charge in [0.1, 0.15) is 19.0 Å². The predicted octanol–water partition coefficient (Wildman–Crippen LogP) is 1.76. The summed E-state index contributed by atoms with van der Waals surface area (Å²) in [5.41, 5.74) is 0.426. The van der Waals surface area contributed by atoms with Crippen molar-refractivity contribution in [1.29, 1.82) is 0 Å². The van der Waals surface area contributed by atoms with Gasteiger partial charge in [-0.3, -0.25) is 14.4 Å². The number of halogens is 1. The van der Waals surface area contributed by atoms with Gasteiger partial charge in [-0.1, -0.05) is 11.6 Å². The Bertz CT molecular complexity index is 789. The molecule has 2 aliphatic heterocycles. The molecule has 0 bridgehead atoms. The normalized spacial score (nSPS) is 22.1. The van der Waals surface area contributed by atoms with Crippen molar-refractivity contribution in [1.82, 2.24) is 9.80 Å². The van der Waals surface area contributed by atoms with Crippen molar-refractivity contribution in [2.75, 3.05) is 39.4 Å². The molecule has 1 atom stereocenters. The van der Waals surface area contributed by atoms with Gasteiger partial charge < -0.3 is 19.3 Å². The summed E-state index contributed by atoms with van der Waals surface area (Å²) < 4.78 is 11.2. The second-order valence-corrected chi connectivity index (χ2v) is 7.45. The Hall–Kier alpha value is -2.28. The largest absolute Gasteiger partial charge is 0.485 e. The second kappa shape index (κ2) is 7.38. The number of Topliss-reactive ketones (excluding diaryl/α,β-unsaturated/α-hetero) is 1. The Morgan fingerprint density at radius 3 is 2.33 bits per heavy atom. The lowest BCUT2D eigenvalue weighted by Crippen LogP contribution is -2.51. The molecular formula is C19H21ClN2O5. The summed E-state index contributed by atoms with van der Waals surface area (Å²) in [4.78, 5) is 40.4. The Balaban J connectivity index is 1.42. The smallest absolute Gasteiger partial charge is 0.257 e. The van der Waals surface area contributed by atoms with E-state index < -0.39 is 0 Å². The number of amides is 2. The molecule has 0 spiro atoms. The number of nitrogens with zero attached hydrogens (tertiary/aromatic N) is 2. The fraction of sp³-hybridized carbons (Fsp3) is 0.526. The standard InChI is InChI=1S/C19H21ClN2O5/c20-15-4-3-14(16-17(15)27-10-9-26-16)19(25)22-7-5-21(6-8-22)18(24)12-1-2-13(23)11-12/h3-4,12H,1-2,5-11H2. The summed E-state index contributed by atoms with van der Waals surface area (Å²) in [5, 5.41) is 0.419. The zero-order chi connectivity index (χ0) is 19.0. The Morgan fingerprint density at radius 1 is 1.00 bits per heavy atom. The SMILES string of the molecule is O=C1CCC(C(=O)N2CCN(C(=O)c3ccc(Cl)c4c3OCCO4)CC2)C1. The first-order valence-electron chi connectivity index (χ1n) is 9.22. The van der Waals surface area contributed by atoms with Gasteiger partial charge in [-0.2, -0.15) is 0 Å². The minimum absolute atomic E-state index is 0.0357. The molecule has 8 heteroatoms. The van der Waals surface area contributed by atoms with E-state index in [1.165, 1.54) is 0 Å². The van der Waals surface area contributed by atoms with Crippen LogP contribution in [0.25, 0.3) is 0 Å². The van der Waals surface area contributed by atoms with Gasteiger partial charge >= 0.3 is 0 Å². The fourth-order valence-corrected chi connectivity index (χ4v) is 4.06. The van der Waals surface area contributed by atoms with Crippen LogP contribution in [0, 0.1) is 5.92 Å². The molecule has 144 valence electrons. The average Bonchev–Trinajstić information content (AvgIpc) is 3.14. The molecule has 2 fully saturated rings. The molecule has 7 nitrogen and oxygen atoms in total. The van der Waals surface area contributed by atoms with Crippen LogP contribution in [0.1, 0.15) is 29.6 Å². The van der Waals surface area contributed by atoms with Gasteiger partial charge in [0.25, 0.3) is 5.91 Å². The molecule has 3 aliphatic rings. The molecule has 0 radical (unpaired) electrons. The van der Waals surface area contributed by atoms with Gasteiger partial charge in [-0.15, -0.1) is 0 Å². The summed E-state index contributed by atoms with van der Waals surface area (Å²) >= 11 is 6.13. The predicted molar refractivity (Wildman–Crippen MR) is 97.3 cm³/mol. The highest BCUT2D eigenvalue weighted by Gasteiger charge is 2.34. The third kappa shape index (κ3) is 3.48. The molecule has 1 saturated heterocycles. The number of hydrogen-bond acceptors (Lipinski definition) is 5. The second-order valence-electron chi connectivity index (χ2n) is 7.05. The summed E-state index contributed by atoms with van der Waals surface area (Å²) in [6, 6.07) is 3.29. The van der Waals surface area contributed by atoms with Crippen LogP contribution in [0.15, 0.2) is 12.1 Å². The highest BCUT2D eigenvalue weighted by Crippen LogP contribution is 2.40. The molecule has 1 saturated carbocycles. The van der Waals surface area contributed by atoms with Crippen LogP contribution < -0.4 is 9.47 Å². The average molecular weight is 393 g/mol. The molecule has 4 rings (SSSR count). The third-order valence-electron chi connectivity index (χ3n) is 5.34. The minimum Gasteiger partial charge on any atom is -0.485 e. The minimum atomic E-state index is -0.186. The van der Waals surface area contributed by atoms with Crippen molar-refractivity contribution in [3.8, 4) is 11.5 Å². The van der Waals surface area contributed by atoms with E-state index in [2.05, 4.69) is 0 Å². The van der Waals surface area contributed by atoms with E-state index in [-0.39, 0.29) is 23.5 Å². The first-order chi connectivity index (χ1) is 13.0. The van der Waals surface area contributed by atoms with Gasteiger partial charge in [-0.25, -0.2) is 0 Å². The number of fused-ring (bicyclic) bond motifs is 1. The number of carbonyl (C=O) groups excluding carboxylic acids is 3. The molecule has 1 aliphatic carbocycles. The van der Waals surface area contributed by atoms with Gasteiger partial charge in [0.2, 0.25) is 5.91 Å². The van der Waals surface area contributed by atoms with Gasteiger partial charge in [-0.05, 0) is 18.6 Å². The van der Waals surface area contributed by atoms with Crippen LogP contribution in [-0.4, -0.2) is 66.8 Å². The summed E-state index contributed by atoms with van der Waals surface area (Å²) in [6.45, 7) is 2.61. The maximum Gasteiger partial charge on any atom is 0.257 e. The highest BCUT2D eigenvalue weighted by atomic mass is 35.5. The third-order valence-corrected chi connectivity index (χ3v) is 5.64. The maximum absolute atomic E-state index is 13.0. The molecule has 27 heavy (non-hydrogen) atoms. The number of ether oxygens (including phenoxy) is 2. The lowest BCUT2D eigenvalue weighted by molar-refractivity contribution is -0.137. The van der Waals surface area contributed by atoms with E-state index in [1.54, 1.807) is 21.9 Å².